The van der Waals surface area contributed by atoms with Crippen molar-refractivity contribution < 1.29 is 14.7 Å². The number of aromatic carboxylic acids is 1. The average molecular weight is 510 g/mol. The zero-order valence-corrected chi connectivity index (χ0v) is 20.6. The van der Waals surface area contributed by atoms with E-state index < -0.39 is 17.9 Å². The highest BCUT2D eigenvalue weighted by atomic mass is 35.5. The van der Waals surface area contributed by atoms with Gasteiger partial charge in [-0.15, -0.1) is 5.10 Å². The Bertz CT molecular complexity index is 1420. The van der Waals surface area contributed by atoms with Crippen molar-refractivity contribution in [2.75, 3.05) is 7.05 Å². The van der Waals surface area contributed by atoms with Gasteiger partial charge in [0.25, 0.3) is 5.91 Å². The maximum Gasteiger partial charge on any atom is 0.336 e. The summed E-state index contributed by atoms with van der Waals surface area (Å²) in [5.41, 5.74) is 3.09. The number of aromatic nitrogens is 4. The molecule has 1 amide bonds. The molecule has 3 aromatic carbocycles. The van der Waals surface area contributed by atoms with Crippen LogP contribution in [0.5, 0.6) is 0 Å². The lowest BCUT2D eigenvalue weighted by molar-refractivity contribution is 0.0673. The first-order chi connectivity index (χ1) is 16.7. The van der Waals surface area contributed by atoms with Crippen molar-refractivity contribution >= 4 is 35.1 Å². The van der Waals surface area contributed by atoms with Crippen LogP contribution in [0.1, 0.15) is 49.3 Å². The number of aryl methyl sites for hydroxylation is 2. The number of carbonyl (C=O) groups excluding carboxylic acids is 1. The first-order valence-corrected chi connectivity index (χ1v) is 11.4. The number of carbonyl (C=O) groups is 2. The summed E-state index contributed by atoms with van der Waals surface area (Å²) in [5.74, 6) is -1.41. The number of para-hydroxylation sites is 1. The van der Waals surface area contributed by atoms with Crippen molar-refractivity contribution in [3.05, 3.63) is 104 Å². The van der Waals surface area contributed by atoms with E-state index in [1.54, 1.807) is 42.1 Å². The van der Waals surface area contributed by atoms with Crippen LogP contribution in [-0.4, -0.2) is 49.1 Å². The number of nitrogens with zero attached hydrogens (tertiary/aromatic N) is 5. The minimum absolute atomic E-state index is 0.0312. The van der Waals surface area contributed by atoms with Gasteiger partial charge in [0.15, 0.2) is 5.82 Å². The third-order valence-corrected chi connectivity index (χ3v) is 6.30. The fourth-order valence-corrected chi connectivity index (χ4v) is 4.58. The maximum atomic E-state index is 13.7. The van der Waals surface area contributed by atoms with Gasteiger partial charge in [0, 0.05) is 22.7 Å². The molecule has 4 rings (SSSR count). The molecule has 0 spiro atoms. The summed E-state index contributed by atoms with van der Waals surface area (Å²) in [5, 5.41) is 22.7. The van der Waals surface area contributed by atoms with Gasteiger partial charge < -0.3 is 10.0 Å². The van der Waals surface area contributed by atoms with E-state index in [1.165, 1.54) is 17.0 Å². The largest absolute Gasteiger partial charge is 0.478 e. The highest BCUT2D eigenvalue weighted by molar-refractivity contribution is 6.35. The van der Waals surface area contributed by atoms with Gasteiger partial charge >= 0.3 is 5.97 Å². The van der Waals surface area contributed by atoms with Gasteiger partial charge in [0.2, 0.25) is 0 Å². The molecule has 10 heteroatoms. The maximum absolute atomic E-state index is 13.7. The molecule has 8 nitrogen and oxygen atoms in total. The molecule has 0 aliphatic carbocycles. The number of rotatable bonds is 6. The van der Waals surface area contributed by atoms with Gasteiger partial charge in [-0.2, -0.15) is 4.68 Å². The molecule has 178 valence electrons. The van der Waals surface area contributed by atoms with Crippen molar-refractivity contribution in [2.24, 2.45) is 0 Å². The third-order valence-electron chi connectivity index (χ3n) is 5.74. The van der Waals surface area contributed by atoms with E-state index in [2.05, 4.69) is 15.5 Å². The number of hydrogen-bond acceptors (Lipinski definition) is 5. The van der Waals surface area contributed by atoms with Crippen LogP contribution < -0.4 is 0 Å². The summed E-state index contributed by atoms with van der Waals surface area (Å²) in [7, 11) is 1.56. The number of hydrogen-bond donors (Lipinski definition) is 1. The molecule has 0 radical (unpaired) electrons. The predicted octanol–water partition coefficient (Wildman–Crippen LogP) is 5.15. The van der Waals surface area contributed by atoms with Crippen LogP contribution in [0.2, 0.25) is 10.0 Å². The molecular weight excluding hydrogens is 489 g/mol. The van der Waals surface area contributed by atoms with Crippen LogP contribution in [0.15, 0.2) is 60.7 Å². The third kappa shape index (κ3) is 4.62. The Morgan fingerprint density at radius 1 is 0.971 bits per heavy atom. The Morgan fingerprint density at radius 3 is 2.26 bits per heavy atom. The van der Waals surface area contributed by atoms with Crippen molar-refractivity contribution in [3.8, 4) is 5.69 Å². The van der Waals surface area contributed by atoms with Crippen LogP contribution in [0.4, 0.5) is 0 Å². The second-order valence-corrected chi connectivity index (χ2v) is 8.87. The molecule has 1 atom stereocenters. The Balaban J connectivity index is 1.92. The fourth-order valence-electron chi connectivity index (χ4n) is 4.07. The average Bonchev–Trinajstić information content (AvgIpc) is 3.28. The Kier molecular flexibility index (Phi) is 6.86. The molecule has 1 heterocycles. The molecule has 1 aromatic heterocycles. The van der Waals surface area contributed by atoms with E-state index in [0.717, 1.165) is 16.8 Å². The van der Waals surface area contributed by atoms with Crippen molar-refractivity contribution in [2.45, 2.75) is 19.9 Å². The summed E-state index contributed by atoms with van der Waals surface area (Å²) < 4.78 is 1.58. The molecule has 1 unspecified atom stereocenters. The summed E-state index contributed by atoms with van der Waals surface area (Å²) >= 11 is 12.7. The first-order valence-electron chi connectivity index (χ1n) is 10.6. The van der Waals surface area contributed by atoms with Crippen LogP contribution in [-0.2, 0) is 0 Å². The summed E-state index contributed by atoms with van der Waals surface area (Å²) in [6.45, 7) is 3.88. The van der Waals surface area contributed by atoms with E-state index >= 15 is 0 Å². The summed E-state index contributed by atoms with van der Waals surface area (Å²) in [4.78, 5) is 26.8. The van der Waals surface area contributed by atoms with E-state index in [0.29, 0.717) is 21.4 Å². The molecule has 0 saturated heterocycles. The lowest BCUT2D eigenvalue weighted by Gasteiger charge is -2.29. The SMILES string of the molecule is Cc1cccc(C)c1-n1nnnc1C(c1ccc(Cl)cc1Cl)N(C)C(=O)c1ccccc1C(=O)O. The number of tetrazole rings is 1. The van der Waals surface area contributed by atoms with Crippen LogP contribution in [0.3, 0.4) is 0 Å². The van der Waals surface area contributed by atoms with Gasteiger partial charge in [0.05, 0.1) is 16.8 Å². The van der Waals surface area contributed by atoms with E-state index in [4.69, 9.17) is 23.2 Å². The highest BCUT2D eigenvalue weighted by Gasteiger charge is 2.33. The number of carboxylic acid groups (broad SMARTS) is 1. The number of carboxylic acids is 1. The van der Waals surface area contributed by atoms with Gasteiger partial charge in [-0.3, -0.25) is 4.79 Å². The van der Waals surface area contributed by atoms with Gasteiger partial charge in [-0.1, -0.05) is 59.6 Å². The zero-order valence-electron chi connectivity index (χ0n) is 19.1. The second kappa shape index (κ2) is 9.85. The second-order valence-electron chi connectivity index (χ2n) is 8.02. The van der Waals surface area contributed by atoms with Crippen LogP contribution in [0, 0.1) is 13.8 Å². The predicted molar refractivity (Wildman–Crippen MR) is 132 cm³/mol. The molecule has 0 aliphatic heterocycles. The first kappa shape index (κ1) is 24.4. The molecular formula is C25H21Cl2N5O3. The number of halogens is 2. The highest BCUT2D eigenvalue weighted by Crippen LogP contribution is 2.35. The van der Waals surface area contributed by atoms with E-state index in [9.17, 15) is 14.7 Å². The minimum Gasteiger partial charge on any atom is -0.478 e. The van der Waals surface area contributed by atoms with Crippen molar-refractivity contribution in [1.29, 1.82) is 0 Å². The van der Waals surface area contributed by atoms with Crippen LogP contribution in [0.25, 0.3) is 5.69 Å². The Labute approximate surface area is 211 Å². The molecule has 1 N–H and O–H groups in total. The Morgan fingerprint density at radius 2 is 1.63 bits per heavy atom. The molecule has 0 saturated carbocycles. The van der Waals surface area contributed by atoms with Crippen molar-refractivity contribution in [3.63, 3.8) is 0 Å². The fraction of sp³-hybridized carbons (Fsp3) is 0.160. The normalized spacial score (nSPS) is 11.8. The monoisotopic (exact) mass is 509 g/mol. The zero-order chi connectivity index (χ0) is 25.3. The molecule has 0 fully saturated rings. The van der Waals surface area contributed by atoms with E-state index in [-0.39, 0.29) is 11.1 Å². The summed E-state index contributed by atoms with van der Waals surface area (Å²) in [6, 6.07) is 15.9. The van der Waals surface area contributed by atoms with Crippen LogP contribution >= 0.6 is 23.2 Å². The van der Waals surface area contributed by atoms with Gasteiger partial charge in [-0.25, -0.2) is 4.79 Å². The standard InChI is InChI=1S/C25H21Cl2N5O3/c1-14-7-6-8-15(2)21(14)32-23(28-29-30-32)22(19-12-11-16(26)13-20(19)27)31(3)24(33)17-9-4-5-10-18(17)25(34)35/h4-13,22H,1-3H3,(H,34,35). The number of amides is 1. The van der Waals surface area contributed by atoms with Crippen molar-refractivity contribution in [1.82, 2.24) is 25.1 Å². The summed E-state index contributed by atoms with van der Waals surface area (Å²) in [6.07, 6.45) is 0. The topological polar surface area (TPSA) is 101 Å². The number of benzene rings is 3. The minimum atomic E-state index is -1.20. The Hall–Kier alpha value is -3.75. The quantitative estimate of drug-likeness (QED) is 0.385. The molecule has 0 aliphatic rings. The van der Waals surface area contributed by atoms with Gasteiger partial charge in [0.1, 0.15) is 6.04 Å². The van der Waals surface area contributed by atoms with Gasteiger partial charge in [-0.05, 0) is 59.7 Å². The molecule has 4 aromatic rings. The lowest BCUT2D eigenvalue weighted by atomic mass is 10.0. The molecule has 35 heavy (non-hydrogen) atoms. The lowest BCUT2D eigenvalue weighted by Crippen LogP contribution is -2.35. The van der Waals surface area contributed by atoms with E-state index in [1.807, 2.05) is 32.0 Å². The molecule has 0 bridgehead atoms. The smallest absolute Gasteiger partial charge is 0.336 e.